The molecule has 122 valence electrons. The molecule has 2 heterocycles. The molecule has 2 aromatic heterocycles. The fourth-order valence-corrected chi connectivity index (χ4v) is 3.71. The first-order valence-corrected chi connectivity index (χ1v) is 9.39. The maximum Gasteiger partial charge on any atom is 0.231 e. The molecule has 1 aromatic carbocycles. The van der Waals surface area contributed by atoms with Crippen molar-refractivity contribution in [1.82, 2.24) is 9.97 Å². The summed E-state index contributed by atoms with van der Waals surface area (Å²) in [5, 5.41) is 6.71. The Morgan fingerprint density at radius 1 is 1.21 bits per heavy atom. The summed E-state index contributed by atoms with van der Waals surface area (Å²) in [5.41, 5.74) is 2.96. The van der Waals surface area contributed by atoms with E-state index in [0.717, 1.165) is 27.2 Å². The first kappa shape index (κ1) is 16.7. The van der Waals surface area contributed by atoms with Crippen LogP contribution in [0.2, 0.25) is 0 Å². The third kappa shape index (κ3) is 4.91. The molecule has 0 bridgehead atoms. The monoisotopic (exact) mass is 355 g/mol. The number of nitrogens with one attached hydrogen (secondary N) is 1. The normalized spacial score (nSPS) is 10.5. The second kappa shape index (κ2) is 8.08. The van der Waals surface area contributed by atoms with E-state index in [1.165, 1.54) is 16.9 Å². The van der Waals surface area contributed by atoms with Crippen LogP contribution < -0.4 is 5.32 Å². The van der Waals surface area contributed by atoms with Gasteiger partial charge in [-0.15, -0.1) is 23.1 Å². The molecule has 0 aliphatic rings. The molecule has 3 rings (SSSR count). The molecule has 0 atom stereocenters. The maximum absolute atomic E-state index is 12.1. The molecular formula is C18H17N3OS2. The minimum absolute atomic E-state index is 0.0443. The zero-order valence-corrected chi connectivity index (χ0v) is 14.9. The lowest BCUT2D eigenvalue weighted by Gasteiger charge is -2.04. The minimum Gasteiger partial charge on any atom is -0.326 e. The Morgan fingerprint density at radius 2 is 2.04 bits per heavy atom. The molecule has 0 spiro atoms. The Bertz CT molecular complexity index is 801. The number of amides is 1. The number of aromatic nitrogens is 2. The van der Waals surface area contributed by atoms with Crippen molar-refractivity contribution in [3.05, 3.63) is 70.3 Å². The van der Waals surface area contributed by atoms with Crippen LogP contribution in [0.4, 0.5) is 5.69 Å². The lowest BCUT2D eigenvalue weighted by Crippen LogP contribution is -2.14. The van der Waals surface area contributed by atoms with E-state index in [1.807, 2.05) is 54.8 Å². The van der Waals surface area contributed by atoms with Crippen LogP contribution in [0.25, 0.3) is 0 Å². The number of thioether (sulfide) groups is 1. The van der Waals surface area contributed by atoms with Crippen molar-refractivity contribution >= 4 is 34.7 Å². The Morgan fingerprint density at radius 3 is 2.79 bits per heavy atom. The number of pyridine rings is 1. The number of hydrogen-bond donors (Lipinski definition) is 1. The first-order valence-electron chi connectivity index (χ1n) is 7.53. The Labute approximate surface area is 149 Å². The van der Waals surface area contributed by atoms with Gasteiger partial charge in [0.25, 0.3) is 0 Å². The lowest BCUT2D eigenvalue weighted by atomic mass is 10.2. The molecule has 6 heteroatoms. The van der Waals surface area contributed by atoms with Gasteiger partial charge in [0.1, 0.15) is 5.01 Å². The standard InChI is InChI=1S/C18H17N3OS2/c1-13-5-7-14(8-6-13)20-16(22)10-18-21-15(12-24-18)11-23-17-4-2-3-9-19-17/h2-9,12H,10-11H2,1H3,(H,20,22). The van der Waals surface area contributed by atoms with Gasteiger partial charge in [-0.25, -0.2) is 9.97 Å². The fourth-order valence-electron chi connectivity index (χ4n) is 2.06. The SMILES string of the molecule is Cc1ccc(NC(=O)Cc2nc(CSc3ccccn3)cs2)cc1. The summed E-state index contributed by atoms with van der Waals surface area (Å²) in [6, 6.07) is 13.6. The average molecular weight is 355 g/mol. The molecule has 1 amide bonds. The molecule has 0 aliphatic carbocycles. The number of benzene rings is 1. The number of thiazole rings is 1. The molecule has 3 aromatic rings. The van der Waals surface area contributed by atoms with Gasteiger partial charge < -0.3 is 5.32 Å². The van der Waals surface area contributed by atoms with Crippen molar-refractivity contribution in [2.24, 2.45) is 0 Å². The summed E-state index contributed by atoms with van der Waals surface area (Å²) in [5.74, 6) is 0.713. The van der Waals surface area contributed by atoms with Gasteiger partial charge in [0.2, 0.25) is 5.91 Å². The number of hydrogen-bond acceptors (Lipinski definition) is 5. The summed E-state index contributed by atoms with van der Waals surface area (Å²) in [7, 11) is 0. The van der Waals surface area contributed by atoms with Gasteiger partial charge in [-0.2, -0.15) is 0 Å². The fraction of sp³-hybridized carbons (Fsp3) is 0.167. The summed E-state index contributed by atoms with van der Waals surface area (Å²) in [6.45, 7) is 2.02. The lowest BCUT2D eigenvalue weighted by molar-refractivity contribution is -0.115. The van der Waals surface area contributed by atoms with Crippen molar-refractivity contribution in [2.45, 2.75) is 24.1 Å². The van der Waals surface area contributed by atoms with Crippen molar-refractivity contribution in [3.8, 4) is 0 Å². The molecule has 4 nitrogen and oxygen atoms in total. The molecule has 0 fully saturated rings. The average Bonchev–Trinajstić information content (AvgIpc) is 3.03. The Balaban J connectivity index is 1.51. The zero-order chi connectivity index (χ0) is 16.8. The smallest absolute Gasteiger partial charge is 0.231 e. The van der Waals surface area contributed by atoms with E-state index in [9.17, 15) is 4.79 Å². The topological polar surface area (TPSA) is 54.9 Å². The molecule has 1 N–H and O–H groups in total. The molecule has 0 aliphatic heterocycles. The Hall–Kier alpha value is -2.18. The summed E-state index contributed by atoms with van der Waals surface area (Å²) >= 11 is 3.16. The predicted molar refractivity (Wildman–Crippen MR) is 99.4 cm³/mol. The summed E-state index contributed by atoms with van der Waals surface area (Å²) < 4.78 is 0. The van der Waals surface area contributed by atoms with Gasteiger partial charge in [-0.1, -0.05) is 23.8 Å². The van der Waals surface area contributed by atoms with Crippen LogP contribution in [0.3, 0.4) is 0 Å². The highest BCUT2D eigenvalue weighted by Crippen LogP contribution is 2.22. The molecule has 0 unspecified atom stereocenters. The van der Waals surface area contributed by atoms with Gasteiger partial charge in [0.15, 0.2) is 0 Å². The van der Waals surface area contributed by atoms with E-state index in [1.54, 1.807) is 18.0 Å². The van der Waals surface area contributed by atoms with Crippen LogP contribution in [0.1, 0.15) is 16.3 Å². The van der Waals surface area contributed by atoms with Crippen molar-refractivity contribution in [2.75, 3.05) is 5.32 Å². The van der Waals surface area contributed by atoms with Gasteiger partial charge in [0.05, 0.1) is 17.1 Å². The second-order valence-corrected chi connectivity index (χ2v) is 7.22. The van der Waals surface area contributed by atoms with Gasteiger partial charge in [-0.05, 0) is 31.2 Å². The minimum atomic E-state index is -0.0443. The Kier molecular flexibility index (Phi) is 5.61. The van der Waals surface area contributed by atoms with Crippen LogP contribution in [-0.2, 0) is 17.0 Å². The van der Waals surface area contributed by atoms with Crippen LogP contribution in [0.15, 0.2) is 59.1 Å². The number of carbonyl (C=O) groups is 1. The van der Waals surface area contributed by atoms with Gasteiger partial charge in [-0.3, -0.25) is 4.79 Å². The largest absolute Gasteiger partial charge is 0.326 e. The van der Waals surface area contributed by atoms with Gasteiger partial charge in [0, 0.05) is 23.0 Å². The molecule has 0 saturated carbocycles. The third-order valence-electron chi connectivity index (χ3n) is 3.25. The number of anilines is 1. The van der Waals surface area contributed by atoms with E-state index >= 15 is 0 Å². The van der Waals surface area contributed by atoms with E-state index in [2.05, 4.69) is 15.3 Å². The number of aryl methyl sites for hydroxylation is 1. The van der Waals surface area contributed by atoms with E-state index < -0.39 is 0 Å². The number of nitrogens with zero attached hydrogens (tertiary/aromatic N) is 2. The van der Waals surface area contributed by atoms with E-state index in [4.69, 9.17) is 0 Å². The highest BCUT2D eigenvalue weighted by atomic mass is 32.2. The summed E-state index contributed by atoms with van der Waals surface area (Å²) in [6.07, 6.45) is 2.08. The van der Waals surface area contributed by atoms with E-state index in [0.29, 0.717) is 6.42 Å². The third-order valence-corrected chi connectivity index (χ3v) is 5.13. The number of carbonyl (C=O) groups excluding carboxylic acids is 1. The van der Waals surface area contributed by atoms with E-state index in [-0.39, 0.29) is 5.91 Å². The van der Waals surface area contributed by atoms with Crippen LogP contribution in [0.5, 0.6) is 0 Å². The summed E-state index contributed by atoms with van der Waals surface area (Å²) in [4.78, 5) is 20.9. The van der Waals surface area contributed by atoms with Crippen molar-refractivity contribution in [3.63, 3.8) is 0 Å². The highest BCUT2D eigenvalue weighted by molar-refractivity contribution is 7.98. The van der Waals surface area contributed by atoms with Gasteiger partial charge >= 0.3 is 0 Å². The van der Waals surface area contributed by atoms with Crippen molar-refractivity contribution < 1.29 is 4.79 Å². The zero-order valence-electron chi connectivity index (χ0n) is 13.2. The molecule has 24 heavy (non-hydrogen) atoms. The van der Waals surface area contributed by atoms with Crippen LogP contribution >= 0.6 is 23.1 Å². The van der Waals surface area contributed by atoms with Crippen LogP contribution in [0, 0.1) is 6.92 Å². The highest BCUT2D eigenvalue weighted by Gasteiger charge is 2.09. The predicted octanol–water partition coefficient (Wildman–Crippen LogP) is 4.32. The second-order valence-electron chi connectivity index (χ2n) is 5.28. The molecule has 0 radical (unpaired) electrons. The maximum atomic E-state index is 12.1. The first-order chi connectivity index (χ1) is 11.7. The van der Waals surface area contributed by atoms with Crippen molar-refractivity contribution in [1.29, 1.82) is 0 Å². The van der Waals surface area contributed by atoms with Crippen LogP contribution in [-0.4, -0.2) is 15.9 Å². The number of rotatable bonds is 6. The molecule has 0 saturated heterocycles. The molecular weight excluding hydrogens is 338 g/mol. The quantitative estimate of drug-likeness (QED) is 0.669.